The van der Waals surface area contributed by atoms with Crippen molar-refractivity contribution >= 4 is 30.1 Å². The summed E-state index contributed by atoms with van der Waals surface area (Å²) < 4.78 is 27.2. The van der Waals surface area contributed by atoms with Crippen LogP contribution in [0.15, 0.2) is 16.8 Å². The van der Waals surface area contributed by atoms with Gasteiger partial charge in [0.05, 0.1) is 10.6 Å². The van der Waals surface area contributed by atoms with Crippen molar-refractivity contribution in [3.63, 3.8) is 0 Å². The van der Waals surface area contributed by atoms with E-state index in [9.17, 15) is 23.8 Å². The van der Waals surface area contributed by atoms with Gasteiger partial charge in [0.25, 0.3) is 0 Å². The van der Waals surface area contributed by atoms with Crippen LogP contribution < -0.4 is 10.2 Å². The van der Waals surface area contributed by atoms with E-state index in [1.807, 2.05) is 0 Å². The molecular weight excluding hydrogens is 330 g/mol. The van der Waals surface area contributed by atoms with Crippen LogP contribution in [0.2, 0.25) is 0 Å². The fourth-order valence-corrected chi connectivity index (χ4v) is 2.75. The summed E-state index contributed by atoms with van der Waals surface area (Å²) in [6.07, 6.45) is 1.96. The van der Waals surface area contributed by atoms with Gasteiger partial charge in [-0.2, -0.15) is 0 Å². The molecule has 0 aliphatic rings. The SMILES string of the molecule is O=[N+]([O-])c1ccc(NCCCCCCP(=O)([O-])F)c2nonc12. The highest BCUT2D eigenvalue weighted by molar-refractivity contribution is 7.50. The predicted octanol–water partition coefficient (Wildman–Crippen LogP) is 2.63. The standard InChI is InChI=1S/C12H16FN4O5P/c13-23(20,21)8-4-2-1-3-7-14-9-5-6-10(17(18)19)12-11(9)15-22-16-12/h5-6,14H,1-4,7-8H2,(H,20,21)/p-1. The number of hydrogen-bond donors (Lipinski definition) is 1. The second kappa shape index (κ2) is 7.47. The Morgan fingerprint density at radius 1 is 1.22 bits per heavy atom. The Morgan fingerprint density at radius 2 is 1.91 bits per heavy atom. The Balaban J connectivity index is 1.82. The zero-order chi connectivity index (χ0) is 16.9. The van der Waals surface area contributed by atoms with Crippen molar-refractivity contribution in [2.45, 2.75) is 25.7 Å². The quantitative estimate of drug-likeness (QED) is 0.317. The molecule has 0 amide bonds. The van der Waals surface area contributed by atoms with Gasteiger partial charge in [0.15, 0.2) is 13.2 Å². The third kappa shape index (κ3) is 4.97. The van der Waals surface area contributed by atoms with Gasteiger partial charge < -0.3 is 14.8 Å². The highest BCUT2D eigenvalue weighted by atomic mass is 31.2. The fraction of sp³-hybridized carbons (Fsp3) is 0.500. The molecule has 0 bridgehead atoms. The van der Waals surface area contributed by atoms with Crippen LogP contribution in [0, 0.1) is 10.1 Å². The number of anilines is 1. The third-order valence-corrected chi connectivity index (χ3v) is 4.11. The molecule has 0 radical (unpaired) electrons. The summed E-state index contributed by atoms with van der Waals surface area (Å²) in [6.45, 7) is 0.560. The molecule has 0 saturated carbocycles. The summed E-state index contributed by atoms with van der Waals surface area (Å²) in [7, 11) is -4.65. The number of halogens is 1. The third-order valence-electron chi connectivity index (χ3n) is 3.26. The molecule has 0 fully saturated rings. The lowest BCUT2D eigenvalue weighted by molar-refractivity contribution is -0.383. The van der Waals surface area contributed by atoms with E-state index in [1.54, 1.807) is 0 Å². The number of unbranched alkanes of at least 4 members (excludes halogenated alkanes) is 3. The van der Waals surface area contributed by atoms with E-state index in [0.717, 1.165) is 12.8 Å². The van der Waals surface area contributed by atoms with Gasteiger partial charge in [-0.25, -0.2) is 8.83 Å². The van der Waals surface area contributed by atoms with Gasteiger partial charge in [-0.3, -0.25) is 10.1 Å². The van der Waals surface area contributed by atoms with Gasteiger partial charge in [0, 0.05) is 18.8 Å². The van der Waals surface area contributed by atoms with Gasteiger partial charge >= 0.3 is 5.69 Å². The van der Waals surface area contributed by atoms with Crippen molar-refractivity contribution in [2.24, 2.45) is 0 Å². The maximum atomic E-state index is 12.3. The van der Waals surface area contributed by atoms with Gasteiger partial charge in [0.2, 0.25) is 5.52 Å². The molecule has 1 N–H and O–H groups in total. The number of nitrogens with zero attached hydrogens (tertiary/aromatic N) is 3. The van der Waals surface area contributed by atoms with E-state index in [1.165, 1.54) is 12.1 Å². The Kier molecular flexibility index (Phi) is 5.62. The molecule has 1 aromatic heterocycles. The van der Waals surface area contributed by atoms with Crippen molar-refractivity contribution < 1.29 is 23.2 Å². The number of rotatable bonds is 9. The predicted molar refractivity (Wildman–Crippen MR) is 79.0 cm³/mol. The monoisotopic (exact) mass is 345 g/mol. The average Bonchev–Trinajstić information content (AvgIpc) is 2.94. The van der Waals surface area contributed by atoms with Gasteiger partial charge in [-0.05, 0) is 29.2 Å². The lowest BCUT2D eigenvalue weighted by Crippen LogP contribution is -2.03. The number of benzene rings is 1. The van der Waals surface area contributed by atoms with Crippen LogP contribution >= 0.6 is 7.68 Å². The van der Waals surface area contributed by atoms with Crippen molar-refractivity contribution in [1.29, 1.82) is 0 Å². The highest BCUT2D eigenvalue weighted by Crippen LogP contribution is 2.37. The summed E-state index contributed by atoms with van der Waals surface area (Å²) in [4.78, 5) is 20.7. The number of nitro benzene ring substituents is 1. The molecule has 0 aliphatic heterocycles. The minimum atomic E-state index is -4.65. The van der Waals surface area contributed by atoms with E-state index in [4.69, 9.17) is 0 Å². The summed E-state index contributed by atoms with van der Waals surface area (Å²) >= 11 is 0. The smallest absolute Gasteiger partial charge is 0.300 e. The zero-order valence-corrected chi connectivity index (χ0v) is 13.0. The molecule has 1 aromatic carbocycles. The summed E-state index contributed by atoms with van der Waals surface area (Å²) in [6, 6.07) is 2.85. The van der Waals surface area contributed by atoms with E-state index >= 15 is 0 Å². The molecule has 126 valence electrons. The number of nitrogens with one attached hydrogen (secondary N) is 1. The van der Waals surface area contributed by atoms with E-state index in [2.05, 4.69) is 20.3 Å². The van der Waals surface area contributed by atoms with Crippen molar-refractivity contribution in [1.82, 2.24) is 10.3 Å². The van der Waals surface area contributed by atoms with E-state index < -0.39 is 18.8 Å². The minimum Gasteiger partial charge on any atom is -0.775 e. The van der Waals surface area contributed by atoms with Crippen LogP contribution in [0.25, 0.3) is 11.0 Å². The molecule has 1 unspecified atom stereocenters. The van der Waals surface area contributed by atoms with Gasteiger partial charge in [-0.1, -0.05) is 12.8 Å². The second-order valence-electron chi connectivity index (χ2n) is 5.01. The maximum absolute atomic E-state index is 12.3. The number of hydrogen-bond acceptors (Lipinski definition) is 8. The summed E-state index contributed by atoms with van der Waals surface area (Å²) in [5, 5.41) is 21.1. The van der Waals surface area contributed by atoms with Crippen molar-refractivity contribution in [3.8, 4) is 0 Å². The van der Waals surface area contributed by atoms with Crippen LogP contribution in [-0.2, 0) is 4.57 Å². The molecular formula is C12H15FN4O5P-. The van der Waals surface area contributed by atoms with E-state index in [-0.39, 0.29) is 16.7 Å². The fourth-order valence-electron chi connectivity index (χ4n) is 2.15. The average molecular weight is 345 g/mol. The first-order valence-corrected chi connectivity index (χ1v) is 8.72. The lowest BCUT2D eigenvalue weighted by Gasteiger charge is -2.11. The molecule has 1 heterocycles. The van der Waals surface area contributed by atoms with Crippen LogP contribution in [0.4, 0.5) is 15.6 Å². The van der Waals surface area contributed by atoms with Crippen LogP contribution in [-0.4, -0.2) is 27.9 Å². The Bertz CT molecular complexity index is 731. The topological polar surface area (TPSA) is 134 Å². The molecule has 11 heteroatoms. The second-order valence-corrected chi connectivity index (χ2v) is 6.63. The Labute approximate surface area is 130 Å². The molecule has 2 rings (SSSR count). The summed E-state index contributed by atoms with van der Waals surface area (Å²) in [5.41, 5.74) is 0.748. The van der Waals surface area contributed by atoms with Crippen molar-refractivity contribution in [3.05, 3.63) is 22.2 Å². The normalized spacial score (nSPS) is 13.8. The number of non-ortho nitro benzene ring substituents is 1. The maximum Gasteiger partial charge on any atom is 0.300 e. The number of nitro groups is 1. The van der Waals surface area contributed by atoms with Crippen LogP contribution in [0.5, 0.6) is 0 Å². The van der Waals surface area contributed by atoms with Crippen LogP contribution in [0.3, 0.4) is 0 Å². The minimum absolute atomic E-state index is 0.0779. The zero-order valence-electron chi connectivity index (χ0n) is 12.1. The van der Waals surface area contributed by atoms with Gasteiger partial charge in [0.1, 0.15) is 0 Å². The summed E-state index contributed by atoms with van der Waals surface area (Å²) in [5.74, 6) is 0. The van der Waals surface area contributed by atoms with E-state index in [0.29, 0.717) is 25.1 Å². The van der Waals surface area contributed by atoms with Crippen molar-refractivity contribution in [2.75, 3.05) is 18.0 Å². The van der Waals surface area contributed by atoms with Crippen LogP contribution in [0.1, 0.15) is 25.7 Å². The lowest BCUT2D eigenvalue weighted by atomic mass is 10.2. The molecule has 1 atom stereocenters. The molecule has 0 saturated heterocycles. The Hall–Kier alpha value is -2.06. The molecule has 0 aliphatic carbocycles. The molecule has 2 aromatic rings. The number of fused-ring (bicyclic) bond motifs is 1. The number of aromatic nitrogens is 2. The first-order chi connectivity index (χ1) is 10.9. The Morgan fingerprint density at radius 3 is 2.61 bits per heavy atom. The largest absolute Gasteiger partial charge is 0.775 e. The van der Waals surface area contributed by atoms with Gasteiger partial charge in [-0.15, -0.1) is 0 Å². The highest BCUT2D eigenvalue weighted by Gasteiger charge is 2.19. The first kappa shape index (κ1) is 17.3. The molecule has 9 nitrogen and oxygen atoms in total. The molecule has 0 spiro atoms. The first-order valence-electron chi connectivity index (χ1n) is 7.02. The molecule has 23 heavy (non-hydrogen) atoms.